The molecule has 0 aliphatic carbocycles. The second-order valence-corrected chi connectivity index (χ2v) is 11.8. The van der Waals surface area contributed by atoms with E-state index in [-0.39, 0.29) is 17.0 Å². The van der Waals surface area contributed by atoms with Gasteiger partial charge in [-0.1, -0.05) is 12.1 Å². The number of thiazole rings is 1. The van der Waals surface area contributed by atoms with E-state index < -0.39 is 37.9 Å². The zero-order valence-corrected chi connectivity index (χ0v) is 21.2. The Labute approximate surface area is 216 Å². The second kappa shape index (κ2) is 10.2. The van der Waals surface area contributed by atoms with E-state index in [1.165, 1.54) is 29.5 Å². The van der Waals surface area contributed by atoms with Gasteiger partial charge in [0.05, 0.1) is 21.3 Å². The van der Waals surface area contributed by atoms with Crippen molar-refractivity contribution in [3.8, 4) is 21.7 Å². The number of sulfone groups is 1. The molecule has 1 aliphatic rings. The molecule has 0 spiro atoms. The Morgan fingerprint density at radius 3 is 2.59 bits per heavy atom. The lowest BCUT2D eigenvalue weighted by atomic mass is 9.99. The summed E-state index contributed by atoms with van der Waals surface area (Å²) in [6.45, 7) is 1.71. The van der Waals surface area contributed by atoms with Crippen molar-refractivity contribution in [1.82, 2.24) is 15.3 Å². The van der Waals surface area contributed by atoms with E-state index in [0.29, 0.717) is 22.5 Å². The molecular formula is C26H23F3N4O2S2. The maximum Gasteiger partial charge on any atom is 0.185 e. The Morgan fingerprint density at radius 1 is 1.05 bits per heavy atom. The van der Waals surface area contributed by atoms with Crippen LogP contribution in [0.5, 0.6) is 0 Å². The number of halogens is 3. The van der Waals surface area contributed by atoms with Gasteiger partial charge in [0.15, 0.2) is 9.84 Å². The summed E-state index contributed by atoms with van der Waals surface area (Å²) in [4.78, 5) is 8.74. The van der Waals surface area contributed by atoms with Gasteiger partial charge in [0.1, 0.15) is 28.2 Å². The molecule has 0 amide bonds. The van der Waals surface area contributed by atoms with E-state index in [4.69, 9.17) is 10.7 Å². The van der Waals surface area contributed by atoms with Crippen LogP contribution in [0, 0.1) is 17.5 Å². The van der Waals surface area contributed by atoms with Crippen LogP contribution in [0.3, 0.4) is 0 Å². The van der Waals surface area contributed by atoms with Crippen molar-refractivity contribution >= 4 is 27.0 Å². The first-order valence-corrected chi connectivity index (χ1v) is 14.1. The fourth-order valence-corrected chi connectivity index (χ4v) is 7.11. The average Bonchev–Trinajstić information content (AvgIpc) is 3.32. The lowest BCUT2D eigenvalue weighted by Gasteiger charge is -2.20. The minimum atomic E-state index is -4.37. The Hall–Kier alpha value is -3.28. The lowest BCUT2D eigenvalue weighted by Crippen LogP contribution is -2.26. The van der Waals surface area contributed by atoms with Crippen LogP contribution >= 0.6 is 11.3 Å². The third-order valence-corrected chi connectivity index (χ3v) is 9.22. The smallest absolute Gasteiger partial charge is 0.185 e. The van der Waals surface area contributed by atoms with Gasteiger partial charge in [-0.05, 0) is 67.9 Å². The maximum atomic E-state index is 15.9. The number of hydrogen-bond donors (Lipinski definition) is 2. The summed E-state index contributed by atoms with van der Waals surface area (Å²) in [5, 5.41) is 4.18. The molecule has 2 aromatic heterocycles. The van der Waals surface area contributed by atoms with Gasteiger partial charge < -0.3 is 11.1 Å². The first kappa shape index (κ1) is 25.4. The molecule has 37 heavy (non-hydrogen) atoms. The molecule has 3 N–H and O–H groups in total. The topological polar surface area (TPSA) is 98.0 Å². The molecule has 0 unspecified atom stereocenters. The largest absolute Gasteiger partial charge is 0.384 e. The number of piperidine rings is 1. The Bertz CT molecular complexity index is 1570. The van der Waals surface area contributed by atoms with Crippen molar-refractivity contribution in [2.75, 3.05) is 18.8 Å². The van der Waals surface area contributed by atoms with Crippen molar-refractivity contribution < 1.29 is 21.6 Å². The number of aromatic nitrogens is 2. The van der Waals surface area contributed by atoms with Crippen molar-refractivity contribution in [1.29, 1.82) is 0 Å². The molecule has 11 heteroatoms. The van der Waals surface area contributed by atoms with Gasteiger partial charge >= 0.3 is 0 Å². The van der Waals surface area contributed by atoms with Crippen LogP contribution in [0.2, 0.25) is 0 Å². The molecule has 1 aliphatic heterocycles. The van der Waals surface area contributed by atoms with Crippen LogP contribution in [-0.4, -0.2) is 31.5 Å². The van der Waals surface area contributed by atoms with Crippen LogP contribution in [-0.2, 0) is 15.6 Å². The van der Waals surface area contributed by atoms with Gasteiger partial charge in [0.2, 0.25) is 0 Å². The number of anilines is 1. The number of nitrogens with two attached hydrogens (primary N) is 1. The fraction of sp³-hybridized carbons (Fsp3) is 0.231. The van der Waals surface area contributed by atoms with Gasteiger partial charge in [-0.25, -0.2) is 31.6 Å². The Balaban J connectivity index is 1.59. The maximum absolute atomic E-state index is 15.9. The summed E-state index contributed by atoms with van der Waals surface area (Å²) in [5.74, 6) is -3.10. The average molecular weight is 545 g/mol. The van der Waals surface area contributed by atoms with Crippen LogP contribution < -0.4 is 11.1 Å². The highest BCUT2D eigenvalue weighted by atomic mass is 32.2. The number of hydrogen-bond acceptors (Lipinski definition) is 7. The fourth-order valence-electron chi connectivity index (χ4n) is 4.42. The highest BCUT2D eigenvalue weighted by Gasteiger charge is 2.27. The van der Waals surface area contributed by atoms with E-state index in [1.54, 1.807) is 18.3 Å². The normalized spacial score (nSPS) is 14.7. The van der Waals surface area contributed by atoms with Crippen LogP contribution in [0.25, 0.3) is 21.7 Å². The first-order chi connectivity index (χ1) is 17.7. The molecular weight excluding hydrogens is 521 g/mol. The quantitative estimate of drug-likeness (QED) is 0.341. The van der Waals surface area contributed by atoms with Gasteiger partial charge in [-0.2, -0.15) is 0 Å². The molecule has 1 fully saturated rings. The van der Waals surface area contributed by atoms with E-state index in [9.17, 15) is 17.2 Å². The van der Waals surface area contributed by atoms with Gasteiger partial charge in [-0.3, -0.25) is 0 Å². The van der Waals surface area contributed by atoms with Crippen molar-refractivity contribution in [2.24, 2.45) is 0 Å². The van der Waals surface area contributed by atoms with Crippen molar-refractivity contribution in [3.05, 3.63) is 82.8 Å². The molecule has 0 radical (unpaired) electrons. The highest BCUT2D eigenvalue weighted by molar-refractivity contribution is 7.90. The Kier molecular flexibility index (Phi) is 7.02. The zero-order chi connectivity index (χ0) is 26.2. The SMILES string of the molecule is Nc1cc(-c2sc(C3CCNCC3)nc2-c2cccc(CS(=O)(=O)c3cc(F)ccc3F)c2F)ccn1. The molecule has 1 saturated heterocycles. The lowest BCUT2D eigenvalue weighted by molar-refractivity contribution is 0.459. The van der Waals surface area contributed by atoms with Crippen LogP contribution in [0.4, 0.5) is 19.0 Å². The molecule has 192 valence electrons. The van der Waals surface area contributed by atoms with Crippen LogP contribution in [0.15, 0.2) is 59.6 Å². The minimum Gasteiger partial charge on any atom is -0.384 e. The molecule has 6 nitrogen and oxygen atoms in total. The standard InChI is InChI=1S/C26H23F3N4O2S2/c27-18-4-5-20(28)21(13-18)37(34,35)14-17-2-1-3-19(23(17)29)24-25(16-8-11-32-22(30)12-16)36-26(33-24)15-6-9-31-10-7-15/h1-5,8,11-13,15,31H,6-7,9-10,14H2,(H2,30,32). The number of nitrogens with one attached hydrogen (secondary N) is 1. The molecule has 0 atom stereocenters. The first-order valence-electron chi connectivity index (χ1n) is 11.6. The molecule has 0 saturated carbocycles. The summed E-state index contributed by atoms with van der Waals surface area (Å²) in [5.41, 5.74) is 6.95. The third-order valence-electron chi connectivity index (χ3n) is 6.28. The number of benzene rings is 2. The Morgan fingerprint density at radius 2 is 1.84 bits per heavy atom. The van der Waals surface area contributed by atoms with Gasteiger partial charge in [0.25, 0.3) is 0 Å². The number of nitrogens with zero attached hydrogens (tertiary/aromatic N) is 2. The van der Waals surface area contributed by atoms with Crippen LogP contribution in [0.1, 0.15) is 29.3 Å². The van der Waals surface area contributed by atoms with Gasteiger partial charge in [-0.15, -0.1) is 11.3 Å². The molecule has 2 aromatic carbocycles. The summed E-state index contributed by atoms with van der Waals surface area (Å²) < 4.78 is 69.5. The van der Waals surface area contributed by atoms with E-state index in [2.05, 4.69) is 10.3 Å². The molecule has 5 rings (SSSR count). The monoisotopic (exact) mass is 544 g/mol. The zero-order valence-electron chi connectivity index (χ0n) is 19.5. The number of rotatable bonds is 6. The second-order valence-electron chi connectivity index (χ2n) is 8.84. The summed E-state index contributed by atoms with van der Waals surface area (Å²) >= 11 is 1.45. The van der Waals surface area contributed by atoms with E-state index in [0.717, 1.165) is 48.6 Å². The summed E-state index contributed by atoms with van der Waals surface area (Å²) in [6.07, 6.45) is 3.35. The van der Waals surface area contributed by atoms with Crippen molar-refractivity contribution in [3.63, 3.8) is 0 Å². The van der Waals surface area contributed by atoms with E-state index in [1.807, 2.05) is 0 Å². The molecule has 4 aromatic rings. The van der Waals surface area contributed by atoms with E-state index >= 15 is 4.39 Å². The number of nitrogen functional groups attached to an aromatic ring is 1. The van der Waals surface area contributed by atoms with Gasteiger partial charge in [0, 0.05) is 23.2 Å². The van der Waals surface area contributed by atoms with Crippen molar-refractivity contribution in [2.45, 2.75) is 29.4 Å². The predicted octanol–water partition coefficient (Wildman–Crippen LogP) is 5.31. The highest BCUT2D eigenvalue weighted by Crippen LogP contribution is 2.42. The summed E-state index contributed by atoms with van der Waals surface area (Å²) in [6, 6.07) is 9.98. The summed E-state index contributed by atoms with van der Waals surface area (Å²) in [7, 11) is -4.37. The minimum absolute atomic E-state index is 0.120. The molecule has 0 bridgehead atoms. The molecule has 3 heterocycles. The number of pyridine rings is 1. The predicted molar refractivity (Wildman–Crippen MR) is 137 cm³/mol. The third kappa shape index (κ3) is 5.25.